The van der Waals surface area contributed by atoms with E-state index in [0.29, 0.717) is 5.69 Å². The monoisotopic (exact) mass is 469 g/mol. The van der Waals surface area contributed by atoms with Crippen molar-refractivity contribution in [3.8, 4) is 0 Å². The number of nitrogens with zero attached hydrogens (tertiary/aromatic N) is 1. The summed E-state index contributed by atoms with van der Waals surface area (Å²) < 4.78 is 0. The lowest BCUT2D eigenvalue weighted by Gasteiger charge is -2.26. The number of carbonyl (C=O) groups is 5. The van der Waals surface area contributed by atoms with Gasteiger partial charge in [-0.2, -0.15) is 0 Å². The van der Waals surface area contributed by atoms with Crippen molar-refractivity contribution in [3.05, 3.63) is 18.2 Å². The fourth-order valence-corrected chi connectivity index (χ4v) is 2.77. The summed E-state index contributed by atoms with van der Waals surface area (Å²) in [5.74, 6) is -4.77. The van der Waals surface area contributed by atoms with Crippen LogP contribution in [0.2, 0.25) is 0 Å². The zero-order valence-corrected chi connectivity index (χ0v) is 18.4. The molecule has 0 aliphatic carbocycles. The lowest BCUT2D eigenvalue weighted by Crippen LogP contribution is -2.59. The number of aromatic amines is 1. The van der Waals surface area contributed by atoms with Gasteiger partial charge >= 0.3 is 5.97 Å². The van der Waals surface area contributed by atoms with Gasteiger partial charge in [0.2, 0.25) is 23.6 Å². The summed E-state index contributed by atoms with van der Waals surface area (Å²) in [6.07, 6.45) is 2.54. The average molecular weight is 469 g/mol. The van der Waals surface area contributed by atoms with E-state index in [4.69, 9.17) is 11.5 Å². The lowest BCUT2D eigenvalue weighted by atomic mass is 10.0. The van der Waals surface area contributed by atoms with E-state index in [1.165, 1.54) is 12.5 Å². The lowest BCUT2D eigenvalue weighted by molar-refractivity contribution is -0.142. The Hall–Kier alpha value is -3.52. The Kier molecular flexibility index (Phi) is 10.9. The van der Waals surface area contributed by atoms with Gasteiger partial charge in [-0.1, -0.05) is 13.8 Å². The molecule has 1 heterocycles. The number of amides is 4. The third-order valence-corrected chi connectivity index (χ3v) is 4.69. The van der Waals surface area contributed by atoms with Crippen LogP contribution in [0.1, 0.15) is 32.4 Å². The number of hydrogen-bond acceptors (Lipinski definition) is 8. The average Bonchev–Trinajstić information content (AvgIpc) is 3.25. The number of carboxylic acid groups (broad SMARTS) is 1. The van der Waals surface area contributed by atoms with Gasteiger partial charge < -0.3 is 42.6 Å². The zero-order chi connectivity index (χ0) is 25.1. The number of hydrogen-bond donors (Lipinski definition) is 8. The molecule has 0 spiro atoms. The number of carbonyl (C=O) groups excluding carboxylic acids is 4. The molecule has 0 fully saturated rings. The highest BCUT2D eigenvalue weighted by atomic mass is 16.4. The molecule has 0 aliphatic rings. The largest absolute Gasteiger partial charge is 0.480 e. The van der Waals surface area contributed by atoms with E-state index in [9.17, 15) is 34.2 Å². The van der Waals surface area contributed by atoms with Crippen LogP contribution in [0, 0.1) is 5.92 Å². The second-order valence-electron chi connectivity index (χ2n) is 7.77. The molecule has 0 saturated heterocycles. The number of primary amides is 1. The molecular weight excluding hydrogens is 438 g/mol. The normalized spacial score (nSPS) is 14.6. The number of aromatic nitrogens is 2. The van der Waals surface area contributed by atoms with Gasteiger partial charge in [-0.15, -0.1) is 0 Å². The first-order valence-corrected chi connectivity index (χ1v) is 10.2. The van der Waals surface area contributed by atoms with Crippen molar-refractivity contribution < 1.29 is 34.2 Å². The Morgan fingerprint density at radius 3 is 2.18 bits per heavy atom. The van der Waals surface area contributed by atoms with Gasteiger partial charge in [0.25, 0.3) is 0 Å². The molecule has 14 heteroatoms. The van der Waals surface area contributed by atoms with E-state index in [1.807, 2.05) is 0 Å². The maximum Gasteiger partial charge on any atom is 0.326 e. The first-order chi connectivity index (χ1) is 15.5. The number of H-pyrrole nitrogens is 1. The quantitative estimate of drug-likeness (QED) is 0.136. The van der Waals surface area contributed by atoms with Crippen molar-refractivity contribution >= 4 is 29.6 Å². The van der Waals surface area contributed by atoms with Crippen LogP contribution in [-0.2, 0) is 30.4 Å². The van der Waals surface area contributed by atoms with Crippen LogP contribution in [0.25, 0.3) is 0 Å². The Balaban J connectivity index is 2.78. The fraction of sp³-hybridized carbons (Fsp3) is 0.579. The van der Waals surface area contributed by atoms with Crippen LogP contribution < -0.4 is 27.4 Å². The van der Waals surface area contributed by atoms with Crippen LogP contribution in [-0.4, -0.2) is 80.6 Å². The standard InChI is InChI=1S/C19H31N7O7/c1-9(2)15(26-16(29)11(20)3-4-14(21)28)18(31)25-13(7-27)17(30)24-12(19(32)33)5-10-6-22-8-23-10/h6,8-9,11-13,15,27H,3-5,7,20H2,1-2H3,(H2,21,28)(H,22,23)(H,24,30)(H,25,31)(H,26,29)(H,32,33). The van der Waals surface area contributed by atoms with Gasteiger partial charge in [0.05, 0.1) is 19.0 Å². The van der Waals surface area contributed by atoms with Crippen molar-refractivity contribution in [1.82, 2.24) is 25.9 Å². The number of aliphatic hydroxyl groups is 1. The van der Waals surface area contributed by atoms with Gasteiger partial charge in [0.1, 0.15) is 18.1 Å². The van der Waals surface area contributed by atoms with Crippen molar-refractivity contribution in [3.63, 3.8) is 0 Å². The first-order valence-electron chi connectivity index (χ1n) is 10.2. The van der Waals surface area contributed by atoms with Crippen LogP contribution >= 0.6 is 0 Å². The van der Waals surface area contributed by atoms with Crippen molar-refractivity contribution in [1.29, 1.82) is 0 Å². The molecule has 33 heavy (non-hydrogen) atoms. The Morgan fingerprint density at radius 1 is 1.06 bits per heavy atom. The summed E-state index contributed by atoms with van der Waals surface area (Å²) in [5.41, 5.74) is 11.2. The van der Waals surface area contributed by atoms with E-state index in [2.05, 4.69) is 25.9 Å². The van der Waals surface area contributed by atoms with Gasteiger partial charge in [-0.05, 0) is 12.3 Å². The molecule has 4 unspecified atom stereocenters. The highest BCUT2D eigenvalue weighted by molar-refractivity contribution is 5.94. The first kappa shape index (κ1) is 27.5. The number of aliphatic carboxylic acids is 1. The van der Waals surface area contributed by atoms with E-state index in [0.717, 1.165) is 0 Å². The van der Waals surface area contributed by atoms with E-state index >= 15 is 0 Å². The third kappa shape index (κ3) is 9.24. The highest BCUT2D eigenvalue weighted by Crippen LogP contribution is 2.05. The molecule has 4 atom stereocenters. The molecule has 4 amide bonds. The maximum absolute atomic E-state index is 12.7. The second-order valence-corrected chi connectivity index (χ2v) is 7.77. The smallest absolute Gasteiger partial charge is 0.326 e. The molecule has 0 bridgehead atoms. The molecule has 0 aliphatic heterocycles. The number of nitrogens with two attached hydrogens (primary N) is 2. The molecule has 14 nitrogen and oxygen atoms in total. The van der Waals surface area contributed by atoms with Crippen LogP contribution in [0.15, 0.2) is 12.5 Å². The van der Waals surface area contributed by atoms with Crippen molar-refractivity contribution in [2.75, 3.05) is 6.61 Å². The highest BCUT2D eigenvalue weighted by Gasteiger charge is 2.31. The molecule has 1 rings (SSSR count). The summed E-state index contributed by atoms with van der Waals surface area (Å²) in [7, 11) is 0. The number of rotatable bonds is 14. The van der Waals surface area contributed by atoms with Gasteiger partial charge in [-0.3, -0.25) is 19.2 Å². The number of nitrogens with one attached hydrogen (secondary N) is 4. The van der Waals surface area contributed by atoms with Gasteiger partial charge in [0, 0.05) is 24.7 Å². The third-order valence-electron chi connectivity index (χ3n) is 4.69. The molecule has 184 valence electrons. The summed E-state index contributed by atoms with van der Waals surface area (Å²) in [6, 6.07) is -5.00. The summed E-state index contributed by atoms with van der Waals surface area (Å²) in [4.78, 5) is 66.3. The molecule has 0 aromatic carbocycles. The van der Waals surface area contributed by atoms with Crippen LogP contribution in [0.5, 0.6) is 0 Å². The minimum absolute atomic E-state index is 0.0117. The SMILES string of the molecule is CC(C)C(NC(=O)C(N)CCC(N)=O)C(=O)NC(CO)C(=O)NC(Cc1cnc[nH]1)C(=O)O. The Bertz CT molecular complexity index is 828. The van der Waals surface area contributed by atoms with Crippen molar-refractivity contribution in [2.45, 2.75) is 57.3 Å². The minimum Gasteiger partial charge on any atom is -0.480 e. The van der Waals surface area contributed by atoms with Crippen molar-refractivity contribution in [2.24, 2.45) is 17.4 Å². The molecule has 0 saturated carbocycles. The topological polar surface area (TPSA) is 243 Å². The number of imidazole rings is 1. The van der Waals surface area contributed by atoms with Crippen LogP contribution in [0.3, 0.4) is 0 Å². The van der Waals surface area contributed by atoms with Crippen LogP contribution in [0.4, 0.5) is 0 Å². The second kappa shape index (κ2) is 13.1. The van der Waals surface area contributed by atoms with Gasteiger partial charge in [-0.25, -0.2) is 9.78 Å². The molecule has 10 N–H and O–H groups in total. The molecule has 0 radical (unpaired) electrons. The number of carboxylic acids is 1. The number of aliphatic hydroxyl groups excluding tert-OH is 1. The Labute approximate surface area is 189 Å². The summed E-state index contributed by atoms with van der Waals surface area (Å²) >= 11 is 0. The predicted octanol–water partition coefficient (Wildman–Crippen LogP) is -3.27. The minimum atomic E-state index is -1.47. The maximum atomic E-state index is 12.7. The zero-order valence-electron chi connectivity index (χ0n) is 18.4. The predicted molar refractivity (Wildman–Crippen MR) is 114 cm³/mol. The summed E-state index contributed by atoms with van der Waals surface area (Å²) in [6.45, 7) is 2.46. The van der Waals surface area contributed by atoms with E-state index in [1.54, 1.807) is 13.8 Å². The molecular formula is C19H31N7O7. The molecule has 1 aromatic heterocycles. The van der Waals surface area contributed by atoms with E-state index < -0.39 is 66.3 Å². The molecule has 1 aromatic rings. The summed E-state index contributed by atoms with van der Waals surface area (Å²) in [5, 5.41) is 25.9. The fourth-order valence-electron chi connectivity index (χ4n) is 2.77. The van der Waals surface area contributed by atoms with Gasteiger partial charge in [0.15, 0.2) is 0 Å². The van der Waals surface area contributed by atoms with E-state index in [-0.39, 0.29) is 19.3 Å². The Morgan fingerprint density at radius 2 is 1.70 bits per heavy atom.